The number of likely N-dealkylation sites (N-methyl/N-ethyl adjacent to an activating group) is 1. The van der Waals surface area contributed by atoms with Gasteiger partial charge in [0.05, 0.1) is 6.04 Å². The summed E-state index contributed by atoms with van der Waals surface area (Å²) in [5.74, 6) is 0. The van der Waals surface area contributed by atoms with Crippen LogP contribution in [0.25, 0.3) is 0 Å². The first-order valence-electron chi connectivity index (χ1n) is 8.67. The van der Waals surface area contributed by atoms with Crippen LogP contribution in [0.1, 0.15) is 61.3 Å². The molecule has 2 heteroatoms. The van der Waals surface area contributed by atoms with E-state index in [2.05, 4.69) is 49.3 Å². The van der Waals surface area contributed by atoms with E-state index in [-0.39, 0.29) is 0 Å². The van der Waals surface area contributed by atoms with Gasteiger partial charge in [0.1, 0.15) is 0 Å². The summed E-state index contributed by atoms with van der Waals surface area (Å²) in [7, 11) is 2.15. The van der Waals surface area contributed by atoms with Crippen LogP contribution in [0.3, 0.4) is 0 Å². The van der Waals surface area contributed by atoms with E-state index in [0.29, 0.717) is 11.6 Å². The molecule has 2 fully saturated rings. The highest BCUT2D eigenvalue weighted by Crippen LogP contribution is 2.45. The molecule has 1 heterocycles. The molecular weight excluding hydrogens is 256 g/mol. The zero-order chi connectivity index (χ0) is 14.9. The lowest BCUT2D eigenvalue weighted by molar-refractivity contribution is 0.0796. The van der Waals surface area contributed by atoms with Crippen molar-refractivity contribution in [3.8, 4) is 0 Å². The van der Waals surface area contributed by atoms with Gasteiger partial charge >= 0.3 is 0 Å². The molecule has 1 atom stereocenters. The van der Waals surface area contributed by atoms with Crippen LogP contribution in [0.4, 0.5) is 0 Å². The van der Waals surface area contributed by atoms with Crippen LogP contribution in [0.5, 0.6) is 0 Å². The lowest BCUT2D eigenvalue weighted by atomic mass is 9.81. The molecule has 1 aliphatic carbocycles. The summed E-state index contributed by atoms with van der Waals surface area (Å²) in [5, 5.41) is 3.68. The van der Waals surface area contributed by atoms with Crippen LogP contribution in [0, 0.1) is 13.8 Å². The molecule has 1 aliphatic heterocycles. The first-order chi connectivity index (χ1) is 10.2. The monoisotopic (exact) mass is 286 g/mol. The third-order valence-electron chi connectivity index (χ3n) is 5.90. The van der Waals surface area contributed by atoms with Crippen LogP contribution in [0.2, 0.25) is 0 Å². The van der Waals surface area contributed by atoms with Gasteiger partial charge in [-0.1, -0.05) is 31.0 Å². The van der Waals surface area contributed by atoms with Gasteiger partial charge in [0.2, 0.25) is 0 Å². The van der Waals surface area contributed by atoms with Crippen LogP contribution in [-0.2, 0) is 0 Å². The highest BCUT2D eigenvalue weighted by atomic mass is 15.2. The van der Waals surface area contributed by atoms with Gasteiger partial charge in [-0.2, -0.15) is 0 Å². The van der Waals surface area contributed by atoms with Crippen molar-refractivity contribution in [1.29, 1.82) is 0 Å². The van der Waals surface area contributed by atoms with Gasteiger partial charge in [0, 0.05) is 5.54 Å². The summed E-state index contributed by atoms with van der Waals surface area (Å²) in [5.41, 5.74) is 4.65. The van der Waals surface area contributed by atoms with Crippen LogP contribution in [0.15, 0.2) is 18.2 Å². The lowest BCUT2D eigenvalue weighted by Gasteiger charge is -2.45. The van der Waals surface area contributed by atoms with Gasteiger partial charge in [-0.05, 0) is 76.4 Å². The number of benzene rings is 1. The molecule has 0 bridgehead atoms. The maximum atomic E-state index is 3.68. The lowest BCUT2D eigenvalue weighted by Crippen LogP contribution is -2.53. The van der Waals surface area contributed by atoms with E-state index >= 15 is 0 Å². The Morgan fingerprint density at radius 3 is 2.24 bits per heavy atom. The number of aryl methyl sites for hydroxylation is 2. The average molecular weight is 286 g/mol. The molecule has 0 aromatic heterocycles. The minimum atomic E-state index is 0.354. The summed E-state index contributed by atoms with van der Waals surface area (Å²) in [6.45, 7) is 7.04. The van der Waals surface area contributed by atoms with Crippen molar-refractivity contribution in [2.75, 3.05) is 20.1 Å². The maximum absolute atomic E-state index is 3.68. The zero-order valence-electron chi connectivity index (χ0n) is 13.9. The summed E-state index contributed by atoms with van der Waals surface area (Å²) in [4.78, 5) is 2.80. The van der Waals surface area contributed by atoms with E-state index in [1.165, 1.54) is 68.3 Å². The number of nitrogens with zero attached hydrogens (tertiary/aromatic N) is 1. The molecule has 1 unspecified atom stereocenters. The smallest absolute Gasteiger partial charge is 0.0504 e. The number of rotatable bonds is 4. The molecule has 1 saturated heterocycles. The Bertz CT molecular complexity index is 482. The Morgan fingerprint density at radius 1 is 1.00 bits per heavy atom. The molecule has 2 nitrogen and oxygen atoms in total. The molecule has 0 radical (unpaired) electrons. The quantitative estimate of drug-likeness (QED) is 0.901. The molecule has 0 spiro atoms. The third kappa shape index (κ3) is 2.64. The standard InChI is InChI=1S/C19H30N2/c1-15-8-9-17(14-16(15)2)18(20-3)19(10-4-5-11-19)21-12-6-7-13-21/h8-9,14,18,20H,4-7,10-13H2,1-3H3. The Hall–Kier alpha value is -0.860. The van der Waals surface area contributed by atoms with E-state index in [9.17, 15) is 0 Å². The van der Waals surface area contributed by atoms with Crippen LogP contribution < -0.4 is 5.32 Å². The Morgan fingerprint density at radius 2 is 1.67 bits per heavy atom. The maximum Gasteiger partial charge on any atom is 0.0504 e. The fraction of sp³-hybridized carbons (Fsp3) is 0.684. The highest BCUT2D eigenvalue weighted by molar-refractivity contribution is 5.34. The van der Waals surface area contributed by atoms with Crippen molar-refractivity contribution in [3.63, 3.8) is 0 Å². The summed E-state index contributed by atoms with van der Waals surface area (Å²) in [6, 6.07) is 7.52. The number of likely N-dealkylation sites (tertiary alicyclic amines) is 1. The largest absolute Gasteiger partial charge is 0.311 e. The molecule has 1 N–H and O–H groups in total. The van der Waals surface area contributed by atoms with Gasteiger partial charge in [-0.25, -0.2) is 0 Å². The van der Waals surface area contributed by atoms with Gasteiger partial charge in [0.25, 0.3) is 0 Å². The van der Waals surface area contributed by atoms with E-state index in [4.69, 9.17) is 0 Å². The minimum absolute atomic E-state index is 0.354. The first kappa shape index (κ1) is 15.1. The molecule has 1 aromatic carbocycles. The van der Waals surface area contributed by atoms with Gasteiger partial charge in [-0.3, -0.25) is 4.90 Å². The van der Waals surface area contributed by atoms with Crippen molar-refractivity contribution in [3.05, 3.63) is 34.9 Å². The first-order valence-corrected chi connectivity index (χ1v) is 8.67. The van der Waals surface area contributed by atoms with Crippen molar-refractivity contribution in [1.82, 2.24) is 10.2 Å². The third-order valence-corrected chi connectivity index (χ3v) is 5.90. The summed E-state index contributed by atoms with van der Waals surface area (Å²) >= 11 is 0. The molecule has 1 aromatic rings. The number of hydrogen-bond donors (Lipinski definition) is 1. The second kappa shape index (κ2) is 6.10. The number of hydrogen-bond acceptors (Lipinski definition) is 2. The minimum Gasteiger partial charge on any atom is -0.311 e. The highest BCUT2D eigenvalue weighted by Gasteiger charge is 2.46. The SMILES string of the molecule is CNC(c1ccc(C)c(C)c1)C1(N2CCCC2)CCCC1. The molecule has 1 saturated carbocycles. The van der Waals surface area contributed by atoms with Gasteiger partial charge in [-0.15, -0.1) is 0 Å². The normalized spacial score (nSPS) is 23.6. The fourth-order valence-corrected chi connectivity index (χ4v) is 4.63. The molecule has 0 amide bonds. The van der Waals surface area contributed by atoms with Crippen LogP contribution >= 0.6 is 0 Å². The van der Waals surface area contributed by atoms with Crippen molar-refractivity contribution >= 4 is 0 Å². The van der Waals surface area contributed by atoms with E-state index in [1.807, 2.05) is 0 Å². The fourth-order valence-electron chi connectivity index (χ4n) is 4.63. The predicted molar refractivity (Wildman–Crippen MR) is 89.7 cm³/mol. The van der Waals surface area contributed by atoms with Crippen molar-refractivity contribution in [2.45, 2.75) is 64.0 Å². The molecule has 3 rings (SSSR count). The summed E-state index contributed by atoms with van der Waals surface area (Å²) in [6.07, 6.45) is 8.24. The molecule has 2 aliphatic rings. The average Bonchev–Trinajstić information content (AvgIpc) is 3.15. The Balaban J connectivity index is 1.96. The van der Waals surface area contributed by atoms with Gasteiger partial charge in [0.15, 0.2) is 0 Å². The predicted octanol–water partition coefficient (Wildman–Crippen LogP) is 3.97. The topological polar surface area (TPSA) is 15.3 Å². The number of nitrogens with one attached hydrogen (secondary N) is 1. The second-order valence-corrected chi connectivity index (χ2v) is 7.07. The van der Waals surface area contributed by atoms with Crippen molar-refractivity contribution < 1.29 is 0 Å². The van der Waals surface area contributed by atoms with Gasteiger partial charge < -0.3 is 5.32 Å². The van der Waals surface area contributed by atoms with E-state index in [1.54, 1.807) is 0 Å². The summed E-state index contributed by atoms with van der Waals surface area (Å²) < 4.78 is 0. The molecule has 116 valence electrons. The van der Waals surface area contributed by atoms with Crippen molar-refractivity contribution in [2.24, 2.45) is 0 Å². The van der Waals surface area contributed by atoms with E-state index in [0.717, 1.165) is 0 Å². The zero-order valence-corrected chi connectivity index (χ0v) is 13.9. The Kier molecular flexibility index (Phi) is 4.37. The second-order valence-electron chi connectivity index (χ2n) is 7.07. The van der Waals surface area contributed by atoms with E-state index < -0.39 is 0 Å². The Labute approximate surface area is 129 Å². The molecular formula is C19H30N2. The molecule has 21 heavy (non-hydrogen) atoms. The van der Waals surface area contributed by atoms with Crippen LogP contribution in [-0.4, -0.2) is 30.6 Å².